The normalized spacial score (nSPS) is 23.2. The van der Waals surface area contributed by atoms with E-state index in [4.69, 9.17) is 0 Å². The molecule has 0 aromatic heterocycles. The van der Waals surface area contributed by atoms with E-state index in [0.717, 1.165) is 13.1 Å². The van der Waals surface area contributed by atoms with Gasteiger partial charge >= 0.3 is 0 Å². The Labute approximate surface area is 67.6 Å². The van der Waals surface area contributed by atoms with Crippen molar-refractivity contribution >= 4 is 0 Å². The molecule has 0 bridgehead atoms. The number of hydrogen-bond donors (Lipinski definition) is 1. The summed E-state index contributed by atoms with van der Waals surface area (Å²) in [5.74, 6) is 0. The Bertz CT molecular complexity index is 216. The molecule has 1 aliphatic carbocycles. The summed E-state index contributed by atoms with van der Waals surface area (Å²) in [7, 11) is 2.16. The van der Waals surface area contributed by atoms with Crippen LogP contribution in [0.25, 0.3) is 0 Å². The van der Waals surface area contributed by atoms with Crippen LogP contribution >= 0.6 is 0 Å². The molecule has 1 heterocycles. The Kier molecular flexibility index (Phi) is 1.60. The lowest BCUT2D eigenvalue weighted by Gasteiger charge is -2.31. The van der Waals surface area contributed by atoms with Gasteiger partial charge in [-0.2, -0.15) is 0 Å². The Morgan fingerprint density at radius 3 is 3.27 bits per heavy atom. The maximum absolute atomic E-state index is 3.44. The van der Waals surface area contributed by atoms with Gasteiger partial charge in [-0.3, -0.25) is 0 Å². The number of nitrogens with one attached hydrogen (secondary N) is 1. The average molecular weight is 150 g/mol. The molecule has 2 heteroatoms. The van der Waals surface area contributed by atoms with E-state index in [9.17, 15) is 0 Å². The number of likely N-dealkylation sites (N-methyl/N-ethyl adjacent to an activating group) is 1. The summed E-state index contributed by atoms with van der Waals surface area (Å²) < 4.78 is 0. The molecule has 0 aromatic carbocycles. The van der Waals surface area contributed by atoms with Gasteiger partial charge in [0.05, 0.1) is 5.70 Å². The van der Waals surface area contributed by atoms with Gasteiger partial charge in [-0.05, 0) is 18.9 Å². The van der Waals surface area contributed by atoms with E-state index in [-0.39, 0.29) is 0 Å². The van der Waals surface area contributed by atoms with Crippen LogP contribution in [0.2, 0.25) is 0 Å². The predicted molar refractivity (Wildman–Crippen MR) is 46.0 cm³/mol. The van der Waals surface area contributed by atoms with Crippen molar-refractivity contribution in [3.05, 3.63) is 23.5 Å². The van der Waals surface area contributed by atoms with Gasteiger partial charge in [0.15, 0.2) is 0 Å². The van der Waals surface area contributed by atoms with Crippen molar-refractivity contribution in [2.24, 2.45) is 0 Å². The van der Waals surface area contributed by atoms with Gasteiger partial charge in [0.1, 0.15) is 0 Å². The molecule has 0 atom stereocenters. The van der Waals surface area contributed by atoms with Crippen molar-refractivity contribution in [1.29, 1.82) is 0 Å². The van der Waals surface area contributed by atoms with E-state index in [0.29, 0.717) is 0 Å². The predicted octanol–water partition coefficient (Wildman–Crippen LogP) is 1.08. The smallest absolute Gasteiger partial charge is 0.0553 e. The van der Waals surface area contributed by atoms with Gasteiger partial charge in [-0.15, -0.1) is 0 Å². The zero-order valence-corrected chi connectivity index (χ0v) is 6.93. The van der Waals surface area contributed by atoms with Gasteiger partial charge in [-0.25, -0.2) is 0 Å². The van der Waals surface area contributed by atoms with Crippen LogP contribution in [-0.2, 0) is 0 Å². The average Bonchev–Trinajstić information content (AvgIpc) is 2.06. The van der Waals surface area contributed by atoms with Crippen LogP contribution in [0.3, 0.4) is 0 Å². The first kappa shape index (κ1) is 6.77. The zero-order chi connectivity index (χ0) is 7.68. The van der Waals surface area contributed by atoms with Crippen LogP contribution in [-0.4, -0.2) is 25.0 Å². The van der Waals surface area contributed by atoms with E-state index in [1.165, 1.54) is 24.2 Å². The molecule has 0 amide bonds. The van der Waals surface area contributed by atoms with Crippen LogP contribution < -0.4 is 5.32 Å². The highest BCUT2D eigenvalue weighted by molar-refractivity contribution is 5.28. The first-order valence-electron chi connectivity index (χ1n) is 4.22. The highest BCUT2D eigenvalue weighted by atomic mass is 15.2. The maximum Gasteiger partial charge on any atom is 0.0553 e. The molecule has 0 fully saturated rings. The van der Waals surface area contributed by atoms with Gasteiger partial charge in [0.2, 0.25) is 0 Å². The second kappa shape index (κ2) is 2.61. The summed E-state index contributed by atoms with van der Waals surface area (Å²) in [6, 6.07) is 0. The Morgan fingerprint density at radius 1 is 1.55 bits per heavy atom. The Balaban J connectivity index is 2.28. The van der Waals surface area contributed by atoms with Crippen molar-refractivity contribution in [2.45, 2.75) is 12.8 Å². The van der Waals surface area contributed by atoms with Crippen molar-refractivity contribution in [1.82, 2.24) is 10.2 Å². The molecule has 1 N–H and O–H groups in total. The Morgan fingerprint density at radius 2 is 2.45 bits per heavy atom. The van der Waals surface area contributed by atoms with Crippen LogP contribution in [0, 0.1) is 0 Å². The summed E-state index contributed by atoms with van der Waals surface area (Å²) in [6.07, 6.45) is 6.86. The molecule has 2 nitrogen and oxygen atoms in total. The SMILES string of the molecule is CN1CCNC2=C1C=CCC2. The molecule has 60 valence electrons. The van der Waals surface area contributed by atoms with E-state index in [2.05, 4.69) is 29.4 Å². The quantitative estimate of drug-likeness (QED) is 0.556. The highest BCUT2D eigenvalue weighted by Crippen LogP contribution is 2.20. The van der Waals surface area contributed by atoms with Crippen LogP contribution in [0.4, 0.5) is 0 Å². The summed E-state index contributed by atoms with van der Waals surface area (Å²) in [6.45, 7) is 2.23. The molecule has 0 spiro atoms. The van der Waals surface area contributed by atoms with Crippen molar-refractivity contribution in [2.75, 3.05) is 20.1 Å². The van der Waals surface area contributed by atoms with Crippen molar-refractivity contribution < 1.29 is 0 Å². The number of rotatable bonds is 0. The monoisotopic (exact) mass is 150 g/mol. The van der Waals surface area contributed by atoms with Crippen LogP contribution in [0.15, 0.2) is 23.5 Å². The maximum atomic E-state index is 3.44. The van der Waals surface area contributed by atoms with Gasteiger partial charge in [-0.1, -0.05) is 6.08 Å². The lowest BCUT2D eigenvalue weighted by Crippen LogP contribution is -2.36. The molecule has 0 radical (unpaired) electrons. The molecule has 1 aliphatic heterocycles. The molecular weight excluding hydrogens is 136 g/mol. The van der Waals surface area contributed by atoms with Gasteiger partial charge in [0, 0.05) is 25.8 Å². The lowest BCUT2D eigenvalue weighted by molar-refractivity contribution is 0.385. The lowest BCUT2D eigenvalue weighted by atomic mass is 10.1. The third-order valence-corrected chi connectivity index (χ3v) is 2.34. The first-order valence-corrected chi connectivity index (χ1v) is 4.22. The fraction of sp³-hybridized carbons (Fsp3) is 0.556. The molecular formula is C9H14N2. The van der Waals surface area contributed by atoms with E-state index in [1.54, 1.807) is 0 Å². The standard InChI is InChI=1S/C9H14N2/c1-11-7-6-10-8-4-2-3-5-9(8)11/h3,5,10H,2,4,6-7H2,1H3. The van der Waals surface area contributed by atoms with Gasteiger partial charge < -0.3 is 10.2 Å². The second-order valence-electron chi connectivity index (χ2n) is 3.15. The van der Waals surface area contributed by atoms with Crippen LogP contribution in [0.5, 0.6) is 0 Å². The number of allylic oxidation sites excluding steroid dienone is 3. The molecule has 2 aliphatic rings. The molecule has 0 saturated heterocycles. The molecule has 0 unspecified atom stereocenters. The topological polar surface area (TPSA) is 15.3 Å². The fourth-order valence-electron chi connectivity index (χ4n) is 1.68. The minimum Gasteiger partial charge on any atom is -0.385 e. The largest absolute Gasteiger partial charge is 0.385 e. The summed E-state index contributed by atoms with van der Waals surface area (Å²) in [5, 5.41) is 3.44. The van der Waals surface area contributed by atoms with Crippen molar-refractivity contribution in [3.63, 3.8) is 0 Å². The highest BCUT2D eigenvalue weighted by Gasteiger charge is 2.15. The minimum absolute atomic E-state index is 1.10. The summed E-state index contributed by atoms with van der Waals surface area (Å²) in [4.78, 5) is 2.32. The Hall–Kier alpha value is -0.920. The molecule has 0 aromatic rings. The summed E-state index contributed by atoms with van der Waals surface area (Å²) >= 11 is 0. The first-order chi connectivity index (χ1) is 5.38. The van der Waals surface area contributed by atoms with Gasteiger partial charge in [0.25, 0.3) is 0 Å². The molecule has 11 heavy (non-hydrogen) atoms. The van der Waals surface area contributed by atoms with Crippen LogP contribution in [0.1, 0.15) is 12.8 Å². The third kappa shape index (κ3) is 1.13. The fourth-order valence-corrected chi connectivity index (χ4v) is 1.68. The van der Waals surface area contributed by atoms with E-state index in [1.807, 2.05) is 0 Å². The molecule has 0 saturated carbocycles. The van der Waals surface area contributed by atoms with E-state index >= 15 is 0 Å². The number of nitrogens with zero attached hydrogens (tertiary/aromatic N) is 1. The minimum atomic E-state index is 1.10. The van der Waals surface area contributed by atoms with Crippen molar-refractivity contribution in [3.8, 4) is 0 Å². The third-order valence-electron chi connectivity index (χ3n) is 2.34. The second-order valence-corrected chi connectivity index (χ2v) is 3.15. The summed E-state index contributed by atoms with van der Waals surface area (Å²) in [5.41, 5.74) is 2.82. The molecule has 2 rings (SSSR count). The zero-order valence-electron chi connectivity index (χ0n) is 6.93. The van der Waals surface area contributed by atoms with E-state index < -0.39 is 0 Å². The number of hydrogen-bond acceptors (Lipinski definition) is 2.